The summed E-state index contributed by atoms with van der Waals surface area (Å²) in [6.07, 6.45) is 0. The van der Waals surface area contributed by atoms with Gasteiger partial charge in [-0.15, -0.1) is 0 Å². The van der Waals surface area contributed by atoms with Crippen LogP contribution in [0.25, 0.3) is 77.2 Å². The van der Waals surface area contributed by atoms with Crippen LogP contribution >= 0.6 is 0 Å². The van der Waals surface area contributed by atoms with Crippen molar-refractivity contribution >= 4 is 43.6 Å². The molecule has 230 valence electrons. The number of para-hydroxylation sites is 3. The van der Waals surface area contributed by atoms with Crippen molar-refractivity contribution in [1.82, 2.24) is 9.13 Å². The van der Waals surface area contributed by atoms with Crippen LogP contribution < -0.4 is 0 Å². The zero-order valence-electron chi connectivity index (χ0n) is 26.7. The summed E-state index contributed by atoms with van der Waals surface area (Å²) in [7, 11) is 0. The summed E-state index contributed by atoms with van der Waals surface area (Å²) in [6, 6.07) is 57.8. The largest absolute Gasteiger partial charge is 0.309 e. The molecule has 0 bridgehead atoms. The lowest BCUT2D eigenvalue weighted by Crippen LogP contribution is -2.00. The summed E-state index contributed by atoms with van der Waals surface area (Å²) in [5.41, 5.74) is 11.4. The average Bonchev–Trinajstić information content (AvgIpc) is 3.70. The van der Waals surface area contributed by atoms with E-state index in [-0.39, 0.29) is 0 Å². The molecule has 0 N–H and O–H groups in total. The van der Waals surface area contributed by atoms with Crippen LogP contribution in [0.15, 0.2) is 152 Å². The number of aromatic nitrogens is 2. The van der Waals surface area contributed by atoms with Crippen molar-refractivity contribution in [2.24, 2.45) is 0 Å². The summed E-state index contributed by atoms with van der Waals surface area (Å²) in [4.78, 5) is 0. The first-order valence-corrected chi connectivity index (χ1v) is 16.3. The molecule has 0 amide bonds. The normalized spacial score (nSPS) is 11.1. The molecule has 9 aromatic rings. The van der Waals surface area contributed by atoms with E-state index < -0.39 is 0 Å². The van der Waals surface area contributed by atoms with E-state index in [2.05, 4.69) is 106 Å². The maximum absolute atomic E-state index is 10.1. The van der Waals surface area contributed by atoms with Crippen molar-refractivity contribution in [2.75, 3.05) is 0 Å². The first-order chi connectivity index (χ1) is 24.7. The Morgan fingerprint density at radius 1 is 0.360 bits per heavy atom. The number of fused-ring (bicyclic) bond motifs is 6. The minimum absolute atomic E-state index is 0.546. The first kappa shape index (κ1) is 28.8. The second-order valence-electron chi connectivity index (χ2n) is 12.3. The Balaban J connectivity index is 1.31. The van der Waals surface area contributed by atoms with Gasteiger partial charge in [-0.2, -0.15) is 15.8 Å². The quantitative estimate of drug-likeness (QED) is 0.193. The minimum Gasteiger partial charge on any atom is -0.309 e. The summed E-state index contributed by atoms with van der Waals surface area (Å²) in [5.74, 6) is 0. The summed E-state index contributed by atoms with van der Waals surface area (Å²) in [6.45, 7) is 0. The van der Waals surface area contributed by atoms with Crippen LogP contribution in [0, 0.1) is 34.0 Å². The minimum atomic E-state index is 0.546. The lowest BCUT2D eigenvalue weighted by Gasteiger charge is -2.18. The summed E-state index contributed by atoms with van der Waals surface area (Å²) >= 11 is 0. The molecule has 5 nitrogen and oxygen atoms in total. The fourth-order valence-electron chi connectivity index (χ4n) is 7.42. The molecule has 2 heterocycles. The van der Waals surface area contributed by atoms with Gasteiger partial charge in [0.1, 0.15) is 0 Å². The third-order valence-electron chi connectivity index (χ3n) is 9.60. The van der Waals surface area contributed by atoms with E-state index in [0.29, 0.717) is 16.7 Å². The highest BCUT2D eigenvalue weighted by atomic mass is 15.0. The van der Waals surface area contributed by atoms with Crippen LogP contribution in [0.1, 0.15) is 16.7 Å². The number of hydrogen-bond acceptors (Lipinski definition) is 3. The lowest BCUT2D eigenvalue weighted by molar-refractivity contribution is 1.18. The number of rotatable bonds is 4. The molecule has 0 aliphatic carbocycles. The van der Waals surface area contributed by atoms with Crippen LogP contribution in [-0.4, -0.2) is 9.13 Å². The van der Waals surface area contributed by atoms with Gasteiger partial charge in [0.2, 0.25) is 0 Å². The molecule has 0 spiro atoms. The fourth-order valence-corrected chi connectivity index (χ4v) is 7.42. The number of nitrogens with zero attached hydrogens (tertiary/aromatic N) is 5. The average molecular weight is 636 g/mol. The van der Waals surface area contributed by atoms with Crippen LogP contribution in [0.3, 0.4) is 0 Å². The summed E-state index contributed by atoms with van der Waals surface area (Å²) in [5, 5.41) is 34.2. The molecule has 2 aromatic heterocycles. The van der Waals surface area contributed by atoms with Crippen LogP contribution in [-0.2, 0) is 0 Å². The Labute approximate surface area is 287 Å². The van der Waals surface area contributed by atoms with Crippen LogP contribution in [0.5, 0.6) is 0 Å². The Kier molecular flexibility index (Phi) is 6.56. The molecule has 0 aliphatic heterocycles. The second kappa shape index (κ2) is 11.4. The van der Waals surface area contributed by atoms with E-state index in [9.17, 15) is 15.8 Å². The van der Waals surface area contributed by atoms with Crippen LogP contribution in [0.2, 0.25) is 0 Å². The van der Waals surface area contributed by atoms with Crippen molar-refractivity contribution in [2.45, 2.75) is 0 Å². The molecule has 0 atom stereocenters. The SMILES string of the molecule is N#Cc1ccc(-c2cc(C#N)ccc2-n2c3ccccc3c3ccccc32)c(-c2cccc(-n3c4ccccc4c4cc(C#N)ccc43)c2)c1. The van der Waals surface area contributed by atoms with Gasteiger partial charge in [0.25, 0.3) is 0 Å². The van der Waals surface area contributed by atoms with E-state index in [1.54, 1.807) is 0 Å². The van der Waals surface area contributed by atoms with Crippen molar-refractivity contribution < 1.29 is 0 Å². The van der Waals surface area contributed by atoms with E-state index in [1.165, 1.54) is 0 Å². The van der Waals surface area contributed by atoms with Gasteiger partial charge in [0.15, 0.2) is 0 Å². The Morgan fingerprint density at radius 3 is 1.54 bits per heavy atom. The Hall–Kier alpha value is -7.39. The molecular weight excluding hydrogens is 611 g/mol. The predicted molar refractivity (Wildman–Crippen MR) is 200 cm³/mol. The first-order valence-electron chi connectivity index (χ1n) is 16.3. The molecule has 0 unspecified atom stereocenters. The molecule has 0 aliphatic rings. The Bertz CT molecular complexity index is 2920. The smallest absolute Gasteiger partial charge is 0.0991 e. The van der Waals surface area contributed by atoms with Gasteiger partial charge in [-0.3, -0.25) is 0 Å². The lowest BCUT2D eigenvalue weighted by atomic mass is 9.91. The number of hydrogen-bond donors (Lipinski definition) is 0. The highest BCUT2D eigenvalue weighted by Crippen LogP contribution is 2.41. The molecule has 50 heavy (non-hydrogen) atoms. The van der Waals surface area contributed by atoms with E-state index in [0.717, 1.165) is 77.2 Å². The topological polar surface area (TPSA) is 81.2 Å². The highest BCUT2D eigenvalue weighted by molar-refractivity contribution is 6.11. The molecule has 5 heteroatoms. The molecule has 0 saturated heterocycles. The third kappa shape index (κ3) is 4.38. The summed E-state index contributed by atoms with van der Waals surface area (Å²) < 4.78 is 4.50. The van der Waals surface area contributed by atoms with Crippen molar-refractivity contribution in [3.8, 4) is 51.8 Å². The van der Waals surface area contributed by atoms with E-state index >= 15 is 0 Å². The number of benzene rings is 7. The fraction of sp³-hybridized carbons (Fsp3) is 0. The molecule has 7 aromatic carbocycles. The highest BCUT2D eigenvalue weighted by Gasteiger charge is 2.20. The standard InChI is InChI=1S/C45H25N5/c46-26-29-16-19-34(39-23-30(27-47)18-21-45(39)50-42-14-5-1-10-35(42)36-11-2-6-15-43(36)50)38(22-29)32-8-7-9-33(25-32)49-41-13-4-3-12-37(41)40-24-31(28-48)17-20-44(40)49/h1-25H. The maximum Gasteiger partial charge on any atom is 0.0991 e. The molecule has 0 fully saturated rings. The van der Waals surface area contributed by atoms with Gasteiger partial charge in [0, 0.05) is 32.8 Å². The van der Waals surface area contributed by atoms with Gasteiger partial charge in [-0.05, 0) is 95.6 Å². The van der Waals surface area contributed by atoms with Crippen molar-refractivity contribution in [1.29, 1.82) is 15.8 Å². The zero-order chi connectivity index (χ0) is 33.8. The van der Waals surface area contributed by atoms with Gasteiger partial charge >= 0.3 is 0 Å². The van der Waals surface area contributed by atoms with Crippen molar-refractivity contribution in [3.63, 3.8) is 0 Å². The molecule has 9 rings (SSSR count). The van der Waals surface area contributed by atoms with Gasteiger partial charge in [-0.1, -0.05) is 72.8 Å². The van der Waals surface area contributed by atoms with Crippen molar-refractivity contribution in [3.05, 3.63) is 168 Å². The third-order valence-corrected chi connectivity index (χ3v) is 9.60. The van der Waals surface area contributed by atoms with Crippen LogP contribution in [0.4, 0.5) is 0 Å². The van der Waals surface area contributed by atoms with Gasteiger partial charge < -0.3 is 9.13 Å². The van der Waals surface area contributed by atoms with E-state index in [4.69, 9.17) is 0 Å². The number of nitriles is 3. The van der Waals surface area contributed by atoms with E-state index in [1.807, 2.05) is 72.8 Å². The zero-order valence-corrected chi connectivity index (χ0v) is 26.7. The van der Waals surface area contributed by atoms with Gasteiger partial charge in [0.05, 0.1) is 62.7 Å². The van der Waals surface area contributed by atoms with Gasteiger partial charge in [-0.25, -0.2) is 0 Å². The molecule has 0 saturated carbocycles. The predicted octanol–water partition coefficient (Wildman–Crippen LogP) is 10.8. The molecule has 0 radical (unpaired) electrons. The second-order valence-corrected chi connectivity index (χ2v) is 12.3. The Morgan fingerprint density at radius 2 is 0.880 bits per heavy atom. The monoisotopic (exact) mass is 635 g/mol. The maximum atomic E-state index is 10.1. The molecular formula is C45H25N5.